The van der Waals surface area contributed by atoms with Crippen LogP contribution in [0, 0.1) is 10.8 Å². The molecule has 1 spiro atoms. The molecule has 0 N–H and O–H groups in total. The molecule has 0 aromatic rings. The number of methoxy groups -OCH3 is 1. The zero-order chi connectivity index (χ0) is 19.0. The second-order valence-electron chi connectivity index (χ2n) is 8.69. The second kappa shape index (κ2) is 7.24. The van der Waals surface area contributed by atoms with E-state index in [-0.39, 0.29) is 22.8 Å². The van der Waals surface area contributed by atoms with Crippen LogP contribution in [0.5, 0.6) is 0 Å². The van der Waals surface area contributed by atoms with E-state index in [2.05, 4.69) is 19.1 Å². The van der Waals surface area contributed by atoms with Crippen LogP contribution in [0.4, 0.5) is 0 Å². The van der Waals surface area contributed by atoms with Crippen molar-refractivity contribution >= 4 is 15.9 Å². The van der Waals surface area contributed by atoms with Gasteiger partial charge >= 0.3 is 0 Å². The smallest absolute Gasteiger partial charge is 0.228 e. The molecule has 0 radical (unpaired) electrons. The summed E-state index contributed by atoms with van der Waals surface area (Å²) >= 11 is 0. The van der Waals surface area contributed by atoms with Crippen LogP contribution in [0.1, 0.15) is 45.4 Å². The van der Waals surface area contributed by atoms with Crippen LogP contribution in [0.25, 0.3) is 0 Å². The molecule has 0 aromatic carbocycles. The van der Waals surface area contributed by atoms with Crippen LogP contribution in [0.3, 0.4) is 0 Å². The molecule has 3 rings (SSSR count). The van der Waals surface area contributed by atoms with Gasteiger partial charge in [-0.15, -0.1) is 0 Å². The maximum Gasteiger partial charge on any atom is 0.228 e. The van der Waals surface area contributed by atoms with E-state index >= 15 is 0 Å². The Hall–Kier alpha value is -0.920. The Morgan fingerprint density at radius 2 is 1.92 bits per heavy atom. The molecule has 2 heterocycles. The lowest BCUT2D eigenvalue weighted by molar-refractivity contribution is -0.144. The number of amides is 1. The average Bonchev–Trinajstić information content (AvgIpc) is 2.94. The quantitative estimate of drug-likeness (QED) is 0.696. The highest BCUT2D eigenvalue weighted by Crippen LogP contribution is 2.45. The fraction of sp³-hybridized carbons (Fsp3) is 0.842. The van der Waals surface area contributed by atoms with Crippen LogP contribution < -0.4 is 0 Å². The van der Waals surface area contributed by atoms with Crippen LogP contribution in [0.2, 0.25) is 0 Å². The van der Waals surface area contributed by atoms with Gasteiger partial charge in [-0.25, -0.2) is 8.42 Å². The molecule has 0 aromatic heterocycles. The van der Waals surface area contributed by atoms with Gasteiger partial charge in [0.2, 0.25) is 15.9 Å². The Bertz CT molecular complexity index is 667. The standard InChI is InChI=1S/C19H32N2O4S/c1-18(7-5-4-6-8-18)17(22)20-11-9-19(10-12-20)13-16(14-25-2)21(15-19)26(3,23)24/h4-5,16H,6-15H2,1-3H3. The summed E-state index contributed by atoms with van der Waals surface area (Å²) in [6, 6.07) is -0.0850. The number of ether oxygens (including phenoxy) is 1. The molecule has 3 aliphatic rings. The minimum atomic E-state index is -3.24. The van der Waals surface area contributed by atoms with Crippen molar-refractivity contribution in [2.45, 2.75) is 51.5 Å². The summed E-state index contributed by atoms with van der Waals surface area (Å²) in [6.07, 6.45) is 10.9. The number of sulfonamides is 1. The predicted octanol–water partition coefficient (Wildman–Crippen LogP) is 2.02. The minimum Gasteiger partial charge on any atom is -0.383 e. The Labute approximate surface area is 157 Å². The lowest BCUT2D eigenvalue weighted by atomic mass is 9.74. The molecule has 6 nitrogen and oxygen atoms in total. The van der Waals surface area contributed by atoms with E-state index in [0.717, 1.165) is 51.6 Å². The molecule has 1 amide bonds. The van der Waals surface area contributed by atoms with Gasteiger partial charge in [0.1, 0.15) is 0 Å². The van der Waals surface area contributed by atoms with Gasteiger partial charge in [-0.3, -0.25) is 4.79 Å². The van der Waals surface area contributed by atoms with E-state index in [1.807, 2.05) is 4.90 Å². The van der Waals surface area contributed by atoms with Crippen molar-refractivity contribution in [1.29, 1.82) is 0 Å². The maximum atomic E-state index is 13.0. The molecule has 148 valence electrons. The van der Waals surface area contributed by atoms with Crippen molar-refractivity contribution in [3.05, 3.63) is 12.2 Å². The predicted molar refractivity (Wildman–Crippen MR) is 101 cm³/mol. The Kier molecular flexibility index (Phi) is 5.53. The van der Waals surface area contributed by atoms with Crippen molar-refractivity contribution in [3.63, 3.8) is 0 Å². The average molecular weight is 385 g/mol. The van der Waals surface area contributed by atoms with E-state index in [1.165, 1.54) is 6.26 Å². The van der Waals surface area contributed by atoms with Gasteiger partial charge in [0, 0.05) is 32.8 Å². The fourth-order valence-electron chi connectivity index (χ4n) is 4.94. The number of nitrogens with zero attached hydrogens (tertiary/aromatic N) is 2. The molecule has 2 unspecified atom stereocenters. The summed E-state index contributed by atoms with van der Waals surface area (Å²) < 4.78 is 31.2. The highest BCUT2D eigenvalue weighted by atomic mass is 32.2. The van der Waals surface area contributed by atoms with Gasteiger partial charge < -0.3 is 9.64 Å². The Morgan fingerprint density at radius 3 is 2.46 bits per heavy atom. The molecule has 2 fully saturated rings. The number of allylic oxidation sites excluding steroid dienone is 2. The lowest BCUT2D eigenvalue weighted by Crippen LogP contribution is -2.49. The molecule has 2 atom stereocenters. The summed E-state index contributed by atoms with van der Waals surface area (Å²) in [5.41, 5.74) is -0.289. The molecular weight excluding hydrogens is 352 g/mol. The molecule has 7 heteroatoms. The van der Waals surface area contributed by atoms with Crippen LogP contribution >= 0.6 is 0 Å². The summed E-state index contributed by atoms with van der Waals surface area (Å²) in [5, 5.41) is 0. The summed E-state index contributed by atoms with van der Waals surface area (Å²) in [7, 11) is -1.62. The zero-order valence-electron chi connectivity index (χ0n) is 16.2. The third-order valence-corrected chi connectivity index (χ3v) is 7.86. The van der Waals surface area contributed by atoms with E-state index in [4.69, 9.17) is 4.74 Å². The van der Waals surface area contributed by atoms with Crippen LogP contribution in [-0.2, 0) is 19.6 Å². The minimum absolute atomic E-state index is 0.0174. The van der Waals surface area contributed by atoms with Gasteiger partial charge in [0.05, 0.1) is 18.3 Å². The fourth-order valence-corrected chi connectivity index (χ4v) is 6.12. The summed E-state index contributed by atoms with van der Waals surface area (Å²) in [4.78, 5) is 15.0. The molecular formula is C19H32N2O4S. The van der Waals surface area contributed by atoms with E-state index in [9.17, 15) is 13.2 Å². The van der Waals surface area contributed by atoms with Crippen LogP contribution in [0.15, 0.2) is 12.2 Å². The van der Waals surface area contributed by atoms with Crippen molar-refractivity contribution in [2.75, 3.05) is 39.6 Å². The largest absolute Gasteiger partial charge is 0.383 e. The lowest BCUT2D eigenvalue weighted by Gasteiger charge is -2.43. The number of likely N-dealkylation sites (tertiary alicyclic amines) is 1. The Morgan fingerprint density at radius 1 is 1.23 bits per heavy atom. The third-order valence-electron chi connectivity index (χ3n) is 6.58. The first kappa shape index (κ1) is 19.8. The first-order valence-electron chi connectivity index (χ1n) is 9.59. The number of carbonyl (C=O) groups is 1. The SMILES string of the molecule is COCC1CC2(CCN(C(=O)C3(C)CC=CCC3)CC2)CN1S(C)(=O)=O. The van der Waals surface area contributed by atoms with E-state index in [1.54, 1.807) is 11.4 Å². The summed E-state index contributed by atoms with van der Waals surface area (Å²) in [6.45, 7) is 4.54. The third kappa shape index (κ3) is 3.85. The zero-order valence-corrected chi connectivity index (χ0v) is 17.1. The molecule has 2 saturated heterocycles. The molecule has 0 bridgehead atoms. The van der Waals surface area contributed by atoms with Gasteiger partial charge in [0.15, 0.2) is 0 Å². The number of carbonyl (C=O) groups excluding carboxylic acids is 1. The highest BCUT2D eigenvalue weighted by molar-refractivity contribution is 7.88. The monoisotopic (exact) mass is 384 g/mol. The first-order valence-corrected chi connectivity index (χ1v) is 11.4. The van der Waals surface area contributed by atoms with Crippen LogP contribution in [-0.4, -0.2) is 69.2 Å². The van der Waals surface area contributed by atoms with E-state index in [0.29, 0.717) is 13.2 Å². The van der Waals surface area contributed by atoms with Crippen molar-refractivity contribution < 1.29 is 17.9 Å². The van der Waals surface area contributed by atoms with Crippen molar-refractivity contribution in [1.82, 2.24) is 9.21 Å². The normalized spacial score (nSPS) is 32.3. The molecule has 0 saturated carbocycles. The second-order valence-corrected chi connectivity index (χ2v) is 10.6. The number of hydrogen-bond acceptors (Lipinski definition) is 4. The molecule has 1 aliphatic carbocycles. The van der Waals surface area contributed by atoms with Crippen molar-refractivity contribution in [2.24, 2.45) is 10.8 Å². The Balaban J connectivity index is 1.66. The highest BCUT2D eigenvalue weighted by Gasteiger charge is 2.49. The van der Waals surface area contributed by atoms with Gasteiger partial charge in [-0.05, 0) is 43.9 Å². The first-order chi connectivity index (χ1) is 12.2. The van der Waals surface area contributed by atoms with Gasteiger partial charge in [-0.1, -0.05) is 19.1 Å². The van der Waals surface area contributed by atoms with Crippen molar-refractivity contribution in [3.8, 4) is 0 Å². The number of piperidine rings is 1. The summed E-state index contributed by atoms with van der Waals surface area (Å²) in [5.74, 6) is 0.267. The number of hydrogen-bond donors (Lipinski definition) is 0. The van der Waals surface area contributed by atoms with Gasteiger partial charge in [-0.2, -0.15) is 4.31 Å². The number of rotatable bonds is 4. The molecule has 26 heavy (non-hydrogen) atoms. The maximum absolute atomic E-state index is 13.0. The van der Waals surface area contributed by atoms with Gasteiger partial charge in [0.25, 0.3) is 0 Å². The van der Waals surface area contributed by atoms with E-state index < -0.39 is 10.0 Å². The topological polar surface area (TPSA) is 66.9 Å². The molecule has 2 aliphatic heterocycles.